The molecule has 0 unspecified atom stereocenters. The van der Waals surface area contributed by atoms with E-state index in [-0.39, 0.29) is 17.8 Å². The Morgan fingerprint density at radius 1 is 1.17 bits per heavy atom. The maximum absolute atomic E-state index is 12.6. The van der Waals surface area contributed by atoms with Crippen molar-refractivity contribution in [2.24, 2.45) is 0 Å². The summed E-state index contributed by atoms with van der Waals surface area (Å²) in [5, 5.41) is 0.683. The highest BCUT2D eigenvalue weighted by molar-refractivity contribution is 6.30. The molecule has 1 saturated heterocycles. The van der Waals surface area contributed by atoms with Crippen LogP contribution in [0.3, 0.4) is 0 Å². The molecule has 1 aliphatic heterocycles. The molecular formula is C21H23ClN4O3. The SMILES string of the molecule is CCOC(=O)N1CCN(c2ncc3c(n2)C[C@H](c2ccc(Cl)cc2)CC3=O)CC1. The lowest BCUT2D eigenvalue weighted by atomic mass is 9.82. The van der Waals surface area contributed by atoms with Crippen LogP contribution in [0.5, 0.6) is 0 Å². The molecule has 8 heteroatoms. The van der Waals surface area contributed by atoms with E-state index in [0.717, 1.165) is 11.3 Å². The number of anilines is 1. The van der Waals surface area contributed by atoms with E-state index in [2.05, 4.69) is 4.98 Å². The Kier molecular flexibility index (Phi) is 5.67. The molecule has 2 aromatic rings. The monoisotopic (exact) mass is 414 g/mol. The van der Waals surface area contributed by atoms with E-state index in [1.807, 2.05) is 29.2 Å². The molecule has 0 N–H and O–H groups in total. The molecule has 0 bridgehead atoms. The number of carbonyl (C=O) groups is 2. The molecule has 0 radical (unpaired) electrons. The van der Waals surface area contributed by atoms with Gasteiger partial charge in [0.05, 0.1) is 17.9 Å². The highest BCUT2D eigenvalue weighted by Gasteiger charge is 2.29. The maximum Gasteiger partial charge on any atom is 0.409 e. The summed E-state index contributed by atoms with van der Waals surface area (Å²) in [5.74, 6) is 0.775. The first-order chi connectivity index (χ1) is 14.0. The van der Waals surface area contributed by atoms with E-state index in [4.69, 9.17) is 21.3 Å². The summed E-state index contributed by atoms with van der Waals surface area (Å²) in [6.45, 7) is 4.55. The number of Topliss-reactive ketones (excluding diaryl/α,β-unsaturated/α-hetero) is 1. The van der Waals surface area contributed by atoms with Gasteiger partial charge in [0, 0.05) is 43.8 Å². The predicted octanol–water partition coefficient (Wildman–Crippen LogP) is 3.32. The third-order valence-corrected chi connectivity index (χ3v) is 5.71. The van der Waals surface area contributed by atoms with Gasteiger partial charge in [-0.3, -0.25) is 4.79 Å². The minimum atomic E-state index is -0.282. The average Bonchev–Trinajstić information content (AvgIpc) is 2.74. The molecule has 152 valence electrons. The van der Waals surface area contributed by atoms with Crippen LogP contribution in [0.15, 0.2) is 30.5 Å². The van der Waals surface area contributed by atoms with Gasteiger partial charge >= 0.3 is 6.09 Å². The molecule has 2 heterocycles. The first kappa shape index (κ1) is 19.6. The summed E-state index contributed by atoms with van der Waals surface area (Å²) in [7, 11) is 0. The fourth-order valence-corrected chi connectivity index (χ4v) is 3.99. The van der Waals surface area contributed by atoms with Crippen LogP contribution in [0.4, 0.5) is 10.7 Å². The third kappa shape index (κ3) is 4.19. The number of fused-ring (bicyclic) bond motifs is 1. The summed E-state index contributed by atoms with van der Waals surface area (Å²) < 4.78 is 5.06. The van der Waals surface area contributed by atoms with Gasteiger partial charge in [0.15, 0.2) is 5.78 Å². The number of hydrogen-bond acceptors (Lipinski definition) is 6. The second-order valence-corrected chi connectivity index (χ2v) is 7.72. The van der Waals surface area contributed by atoms with Gasteiger partial charge in [-0.15, -0.1) is 0 Å². The Balaban J connectivity index is 1.49. The first-order valence-corrected chi connectivity index (χ1v) is 10.2. The van der Waals surface area contributed by atoms with Crippen LogP contribution in [0.1, 0.15) is 40.9 Å². The van der Waals surface area contributed by atoms with Crippen molar-refractivity contribution < 1.29 is 14.3 Å². The molecule has 0 saturated carbocycles. The number of amides is 1. The number of piperazine rings is 1. The largest absolute Gasteiger partial charge is 0.450 e. The van der Waals surface area contributed by atoms with Crippen molar-refractivity contribution >= 4 is 29.4 Å². The summed E-state index contributed by atoms with van der Waals surface area (Å²) in [5.41, 5.74) is 2.50. The van der Waals surface area contributed by atoms with Crippen molar-refractivity contribution in [1.82, 2.24) is 14.9 Å². The van der Waals surface area contributed by atoms with Gasteiger partial charge in [-0.25, -0.2) is 14.8 Å². The number of carbonyl (C=O) groups excluding carboxylic acids is 2. The number of ether oxygens (including phenoxy) is 1. The highest BCUT2D eigenvalue weighted by atomic mass is 35.5. The molecule has 2 aliphatic rings. The average molecular weight is 415 g/mol. The molecule has 7 nitrogen and oxygen atoms in total. The van der Waals surface area contributed by atoms with E-state index >= 15 is 0 Å². The van der Waals surface area contributed by atoms with E-state index in [9.17, 15) is 9.59 Å². The molecule has 1 aliphatic carbocycles. The number of nitrogens with zero attached hydrogens (tertiary/aromatic N) is 4. The number of rotatable bonds is 3. The van der Waals surface area contributed by atoms with Gasteiger partial charge in [0.2, 0.25) is 5.95 Å². The topological polar surface area (TPSA) is 75.6 Å². The van der Waals surface area contributed by atoms with Gasteiger partial charge in [-0.05, 0) is 37.0 Å². The number of halogens is 1. The minimum absolute atomic E-state index is 0.0740. The fourth-order valence-electron chi connectivity index (χ4n) is 3.86. The van der Waals surface area contributed by atoms with E-state index in [0.29, 0.717) is 62.2 Å². The number of ketones is 1. The Bertz CT molecular complexity index is 911. The van der Waals surface area contributed by atoms with Gasteiger partial charge in [-0.2, -0.15) is 0 Å². The Morgan fingerprint density at radius 2 is 1.90 bits per heavy atom. The molecule has 1 atom stereocenters. The van der Waals surface area contributed by atoms with Gasteiger partial charge in [-0.1, -0.05) is 23.7 Å². The first-order valence-electron chi connectivity index (χ1n) is 9.86. The van der Waals surface area contributed by atoms with Crippen LogP contribution in [0, 0.1) is 0 Å². The van der Waals surface area contributed by atoms with Crippen molar-refractivity contribution in [3.63, 3.8) is 0 Å². The Hall–Kier alpha value is -2.67. The molecule has 29 heavy (non-hydrogen) atoms. The van der Waals surface area contributed by atoms with Gasteiger partial charge in [0.1, 0.15) is 0 Å². The molecule has 4 rings (SSSR count). The predicted molar refractivity (Wildman–Crippen MR) is 110 cm³/mol. The van der Waals surface area contributed by atoms with Crippen molar-refractivity contribution in [1.29, 1.82) is 0 Å². The van der Waals surface area contributed by atoms with Crippen molar-refractivity contribution in [2.45, 2.75) is 25.7 Å². The summed E-state index contributed by atoms with van der Waals surface area (Å²) >= 11 is 5.99. The number of aromatic nitrogens is 2. The lowest BCUT2D eigenvalue weighted by Crippen LogP contribution is -2.49. The van der Waals surface area contributed by atoms with Crippen LogP contribution in [-0.2, 0) is 11.2 Å². The van der Waals surface area contributed by atoms with Gasteiger partial charge in [0.25, 0.3) is 0 Å². The number of benzene rings is 1. The summed E-state index contributed by atoms with van der Waals surface area (Å²) in [6, 6.07) is 7.65. The lowest BCUT2D eigenvalue weighted by molar-refractivity contribution is 0.0961. The fraction of sp³-hybridized carbons (Fsp3) is 0.429. The zero-order chi connectivity index (χ0) is 20.4. The minimum Gasteiger partial charge on any atom is -0.450 e. The van der Waals surface area contributed by atoms with E-state index in [1.54, 1.807) is 18.0 Å². The zero-order valence-electron chi connectivity index (χ0n) is 16.3. The van der Waals surface area contributed by atoms with E-state index < -0.39 is 0 Å². The molecule has 1 aromatic carbocycles. The second kappa shape index (κ2) is 8.37. The molecule has 0 spiro atoms. The summed E-state index contributed by atoms with van der Waals surface area (Å²) in [4.78, 5) is 37.4. The summed E-state index contributed by atoms with van der Waals surface area (Å²) in [6.07, 6.45) is 2.52. The van der Waals surface area contributed by atoms with Crippen molar-refractivity contribution in [2.75, 3.05) is 37.7 Å². The smallest absolute Gasteiger partial charge is 0.409 e. The van der Waals surface area contributed by atoms with Crippen molar-refractivity contribution in [3.8, 4) is 0 Å². The van der Waals surface area contributed by atoms with E-state index in [1.165, 1.54) is 0 Å². The standard InChI is InChI=1S/C21H23ClN4O3/c1-2-29-21(28)26-9-7-25(8-10-26)20-23-13-17-18(24-20)11-15(12-19(17)27)14-3-5-16(22)6-4-14/h3-6,13,15H,2,7-12H2,1H3/t15-/m0/s1. The highest BCUT2D eigenvalue weighted by Crippen LogP contribution is 2.32. The van der Waals surface area contributed by atoms with Crippen LogP contribution in [0.2, 0.25) is 5.02 Å². The molecule has 1 aromatic heterocycles. The van der Waals surface area contributed by atoms with Crippen LogP contribution < -0.4 is 4.90 Å². The Labute approximate surface area is 174 Å². The molecule has 1 amide bonds. The molecule has 1 fully saturated rings. The Morgan fingerprint density at radius 3 is 2.59 bits per heavy atom. The van der Waals surface area contributed by atoms with Crippen molar-refractivity contribution in [3.05, 3.63) is 52.3 Å². The van der Waals surface area contributed by atoms with Gasteiger partial charge < -0.3 is 14.5 Å². The quantitative estimate of drug-likeness (QED) is 0.766. The van der Waals surface area contributed by atoms with Crippen LogP contribution in [-0.4, -0.2) is 59.5 Å². The lowest BCUT2D eigenvalue weighted by Gasteiger charge is -2.34. The normalized spacial score (nSPS) is 19.1. The molecular weight excluding hydrogens is 392 g/mol. The van der Waals surface area contributed by atoms with Crippen LogP contribution >= 0.6 is 11.6 Å². The zero-order valence-corrected chi connectivity index (χ0v) is 17.1. The second-order valence-electron chi connectivity index (χ2n) is 7.28. The third-order valence-electron chi connectivity index (χ3n) is 5.46. The maximum atomic E-state index is 12.6. The van der Waals surface area contributed by atoms with Crippen LogP contribution in [0.25, 0.3) is 0 Å². The number of hydrogen-bond donors (Lipinski definition) is 0.